The van der Waals surface area contributed by atoms with Crippen LogP contribution in [-0.4, -0.2) is 20.0 Å². The molecule has 0 aromatic heterocycles. The van der Waals surface area contributed by atoms with Gasteiger partial charge in [-0.25, -0.2) is 0 Å². The van der Waals surface area contributed by atoms with Gasteiger partial charge in [-0.2, -0.15) is 0 Å². The van der Waals surface area contributed by atoms with Gasteiger partial charge in [0.1, 0.15) is 6.79 Å². The molecule has 0 bridgehead atoms. The largest absolute Gasteiger partial charge is 0.355 e. The standard InChI is InChI=1S/C11H20O2/c1-9-2-4-10(5-3-9)11-6-12-8-13-7-11/h9-11H,2-8H2,1H3. The summed E-state index contributed by atoms with van der Waals surface area (Å²) in [5, 5.41) is 0. The van der Waals surface area contributed by atoms with Crippen molar-refractivity contribution in [1.29, 1.82) is 0 Å². The fourth-order valence-electron chi connectivity index (χ4n) is 2.54. The molecule has 2 nitrogen and oxygen atoms in total. The molecule has 0 spiro atoms. The normalized spacial score (nSPS) is 37.6. The topological polar surface area (TPSA) is 18.5 Å². The highest BCUT2D eigenvalue weighted by Crippen LogP contribution is 2.34. The molecule has 76 valence electrons. The molecule has 0 atom stereocenters. The van der Waals surface area contributed by atoms with Gasteiger partial charge in [-0.15, -0.1) is 0 Å². The summed E-state index contributed by atoms with van der Waals surface area (Å²) in [6.45, 7) is 4.74. The Balaban J connectivity index is 1.79. The van der Waals surface area contributed by atoms with E-state index in [1.807, 2.05) is 0 Å². The maximum atomic E-state index is 5.34. The van der Waals surface area contributed by atoms with Crippen LogP contribution in [0.25, 0.3) is 0 Å². The van der Waals surface area contributed by atoms with E-state index in [1.165, 1.54) is 25.7 Å². The van der Waals surface area contributed by atoms with E-state index in [9.17, 15) is 0 Å². The first kappa shape index (κ1) is 9.47. The predicted molar refractivity (Wildman–Crippen MR) is 51.4 cm³/mol. The molecule has 2 fully saturated rings. The van der Waals surface area contributed by atoms with Gasteiger partial charge in [0.15, 0.2) is 0 Å². The maximum absolute atomic E-state index is 5.34. The van der Waals surface area contributed by atoms with Crippen LogP contribution in [0.5, 0.6) is 0 Å². The Bertz CT molecular complexity index is 144. The summed E-state index contributed by atoms with van der Waals surface area (Å²) in [5.74, 6) is 2.50. The lowest BCUT2D eigenvalue weighted by atomic mass is 9.77. The van der Waals surface area contributed by atoms with Crippen molar-refractivity contribution in [2.75, 3.05) is 20.0 Å². The van der Waals surface area contributed by atoms with Crippen LogP contribution in [0.15, 0.2) is 0 Å². The van der Waals surface area contributed by atoms with Crippen molar-refractivity contribution in [2.45, 2.75) is 32.6 Å². The lowest BCUT2D eigenvalue weighted by Crippen LogP contribution is -2.32. The zero-order valence-corrected chi connectivity index (χ0v) is 8.50. The molecular formula is C11H20O2. The van der Waals surface area contributed by atoms with E-state index in [1.54, 1.807) is 0 Å². The lowest BCUT2D eigenvalue weighted by molar-refractivity contribution is -0.140. The van der Waals surface area contributed by atoms with E-state index in [0.29, 0.717) is 12.7 Å². The van der Waals surface area contributed by atoms with Crippen molar-refractivity contribution in [1.82, 2.24) is 0 Å². The van der Waals surface area contributed by atoms with E-state index in [4.69, 9.17) is 9.47 Å². The third kappa shape index (κ3) is 2.44. The van der Waals surface area contributed by atoms with Crippen molar-refractivity contribution in [3.8, 4) is 0 Å². The van der Waals surface area contributed by atoms with Gasteiger partial charge in [0, 0.05) is 5.92 Å². The van der Waals surface area contributed by atoms with Crippen LogP contribution < -0.4 is 0 Å². The third-order valence-corrected chi connectivity index (χ3v) is 3.56. The minimum atomic E-state index is 0.514. The molecule has 13 heavy (non-hydrogen) atoms. The minimum absolute atomic E-state index is 0.514. The molecule has 2 aliphatic rings. The Labute approximate surface area is 80.6 Å². The molecule has 0 N–H and O–H groups in total. The first-order valence-corrected chi connectivity index (χ1v) is 5.51. The highest BCUT2D eigenvalue weighted by Gasteiger charge is 2.27. The molecular weight excluding hydrogens is 164 g/mol. The third-order valence-electron chi connectivity index (χ3n) is 3.56. The molecule has 2 rings (SSSR count). The van der Waals surface area contributed by atoms with Crippen molar-refractivity contribution in [3.63, 3.8) is 0 Å². The second-order valence-electron chi connectivity index (χ2n) is 4.64. The summed E-state index contributed by atoms with van der Waals surface area (Å²) in [6, 6.07) is 0. The fraction of sp³-hybridized carbons (Fsp3) is 1.00. The zero-order valence-electron chi connectivity index (χ0n) is 8.50. The highest BCUT2D eigenvalue weighted by atomic mass is 16.7. The molecule has 1 heterocycles. The molecule has 0 amide bonds. The fourth-order valence-corrected chi connectivity index (χ4v) is 2.54. The van der Waals surface area contributed by atoms with Crippen LogP contribution in [0.1, 0.15) is 32.6 Å². The van der Waals surface area contributed by atoms with Gasteiger partial charge in [0.25, 0.3) is 0 Å². The SMILES string of the molecule is CC1CCC(C2COCOC2)CC1. The van der Waals surface area contributed by atoms with E-state index < -0.39 is 0 Å². The Hall–Kier alpha value is -0.0800. The van der Waals surface area contributed by atoms with Crippen LogP contribution in [0.4, 0.5) is 0 Å². The van der Waals surface area contributed by atoms with Gasteiger partial charge in [0.05, 0.1) is 13.2 Å². The number of ether oxygens (including phenoxy) is 2. The van der Waals surface area contributed by atoms with Crippen molar-refractivity contribution in [2.24, 2.45) is 17.8 Å². The number of rotatable bonds is 1. The lowest BCUT2D eigenvalue weighted by Gasteiger charge is -2.34. The summed E-state index contributed by atoms with van der Waals surface area (Å²) in [5.41, 5.74) is 0. The molecule has 2 heteroatoms. The van der Waals surface area contributed by atoms with Gasteiger partial charge in [-0.1, -0.05) is 19.8 Å². The van der Waals surface area contributed by atoms with Crippen molar-refractivity contribution >= 4 is 0 Å². The molecule has 0 unspecified atom stereocenters. The van der Waals surface area contributed by atoms with Crippen LogP contribution in [0.3, 0.4) is 0 Å². The van der Waals surface area contributed by atoms with E-state index in [0.717, 1.165) is 25.0 Å². The molecule has 1 aliphatic heterocycles. The quantitative estimate of drug-likeness (QED) is 0.623. The van der Waals surface area contributed by atoms with E-state index >= 15 is 0 Å². The molecule has 1 saturated carbocycles. The van der Waals surface area contributed by atoms with Gasteiger partial charge >= 0.3 is 0 Å². The van der Waals surface area contributed by atoms with Gasteiger partial charge < -0.3 is 9.47 Å². The van der Waals surface area contributed by atoms with Crippen LogP contribution in [0.2, 0.25) is 0 Å². The van der Waals surface area contributed by atoms with Crippen LogP contribution in [0, 0.1) is 17.8 Å². The van der Waals surface area contributed by atoms with E-state index in [2.05, 4.69) is 6.92 Å². The maximum Gasteiger partial charge on any atom is 0.146 e. The van der Waals surface area contributed by atoms with Gasteiger partial charge in [-0.3, -0.25) is 0 Å². The Morgan fingerprint density at radius 3 is 2.08 bits per heavy atom. The number of hydrogen-bond acceptors (Lipinski definition) is 2. The summed E-state index contributed by atoms with van der Waals surface area (Å²) >= 11 is 0. The first-order chi connectivity index (χ1) is 6.36. The van der Waals surface area contributed by atoms with Crippen molar-refractivity contribution < 1.29 is 9.47 Å². The van der Waals surface area contributed by atoms with E-state index in [-0.39, 0.29) is 0 Å². The molecule has 0 aromatic rings. The van der Waals surface area contributed by atoms with Crippen LogP contribution in [-0.2, 0) is 9.47 Å². The average Bonchev–Trinajstić information content (AvgIpc) is 2.20. The highest BCUT2D eigenvalue weighted by molar-refractivity contribution is 4.76. The smallest absolute Gasteiger partial charge is 0.146 e. The summed E-state index contributed by atoms with van der Waals surface area (Å²) in [4.78, 5) is 0. The van der Waals surface area contributed by atoms with Gasteiger partial charge in [-0.05, 0) is 24.7 Å². The Morgan fingerprint density at radius 1 is 0.846 bits per heavy atom. The first-order valence-electron chi connectivity index (χ1n) is 5.51. The zero-order chi connectivity index (χ0) is 9.10. The minimum Gasteiger partial charge on any atom is -0.355 e. The average molecular weight is 184 g/mol. The summed E-state index contributed by atoms with van der Waals surface area (Å²) in [7, 11) is 0. The molecule has 0 aromatic carbocycles. The van der Waals surface area contributed by atoms with Crippen LogP contribution >= 0.6 is 0 Å². The Kier molecular flexibility index (Phi) is 3.23. The second-order valence-corrected chi connectivity index (χ2v) is 4.64. The molecule has 1 saturated heterocycles. The van der Waals surface area contributed by atoms with Gasteiger partial charge in [0.2, 0.25) is 0 Å². The molecule has 0 radical (unpaired) electrons. The predicted octanol–water partition coefficient (Wildman–Crippen LogP) is 2.43. The monoisotopic (exact) mass is 184 g/mol. The summed E-state index contributed by atoms with van der Waals surface area (Å²) in [6.07, 6.45) is 5.58. The summed E-state index contributed by atoms with van der Waals surface area (Å²) < 4.78 is 10.7. The second kappa shape index (κ2) is 4.43. The Morgan fingerprint density at radius 2 is 1.46 bits per heavy atom. The number of hydrogen-bond donors (Lipinski definition) is 0. The van der Waals surface area contributed by atoms with Crippen molar-refractivity contribution in [3.05, 3.63) is 0 Å². The molecule has 1 aliphatic carbocycles.